The van der Waals surface area contributed by atoms with Gasteiger partial charge < -0.3 is 9.84 Å². The van der Waals surface area contributed by atoms with E-state index >= 15 is 0 Å². The standard InChI is InChI=1S/C18H22O3/c1-4-18(3,5-2)21-17(20)11-13-6-7-15-12-16(19)9-8-14(15)10-13/h6-10,12,19H,4-5,11H2,1-3H3. The molecule has 0 aliphatic carbocycles. The van der Waals surface area contributed by atoms with Crippen molar-refractivity contribution in [3.8, 4) is 5.75 Å². The summed E-state index contributed by atoms with van der Waals surface area (Å²) >= 11 is 0. The number of carbonyl (C=O) groups is 1. The second kappa shape index (κ2) is 6.17. The van der Waals surface area contributed by atoms with Crippen LogP contribution in [0.2, 0.25) is 0 Å². The lowest BCUT2D eigenvalue weighted by molar-refractivity contribution is -0.157. The Kier molecular flexibility index (Phi) is 4.51. The number of benzene rings is 2. The molecule has 0 unspecified atom stereocenters. The highest BCUT2D eigenvalue weighted by Crippen LogP contribution is 2.23. The molecule has 0 amide bonds. The Labute approximate surface area is 125 Å². The van der Waals surface area contributed by atoms with Crippen molar-refractivity contribution in [3.05, 3.63) is 42.0 Å². The second-order valence-corrected chi connectivity index (χ2v) is 5.67. The zero-order valence-electron chi connectivity index (χ0n) is 12.8. The first-order chi connectivity index (χ1) is 9.95. The molecule has 2 aromatic carbocycles. The quantitative estimate of drug-likeness (QED) is 0.837. The molecule has 3 heteroatoms. The molecule has 0 fully saturated rings. The van der Waals surface area contributed by atoms with E-state index < -0.39 is 0 Å². The maximum absolute atomic E-state index is 12.1. The third kappa shape index (κ3) is 3.75. The minimum absolute atomic E-state index is 0.195. The smallest absolute Gasteiger partial charge is 0.310 e. The monoisotopic (exact) mass is 286 g/mol. The van der Waals surface area contributed by atoms with Crippen molar-refractivity contribution >= 4 is 16.7 Å². The van der Waals surface area contributed by atoms with Gasteiger partial charge in [-0.15, -0.1) is 0 Å². The number of aromatic hydroxyl groups is 1. The number of hydrogen-bond acceptors (Lipinski definition) is 3. The van der Waals surface area contributed by atoms with Crippen LogP contribution in [-0.4, -0.2) is 16.7 Å². The van der Waals surface area contributed by atoms with Crippen LogP contribution in [0.15, 0.2) is 36.4 Å². The molecule has 2 aromatic rings. The molecule has 0 bridgehead atoms. The molecular weight excluding hydrogens is 264 g/mol. The lowest BCUT2D eigenvalue weighted by atomic mass is 10.00. The fraction of sp³-hybridized carbons (Fsp3) is 0.389. The topological polar surface area (TPSA) is 46.5 Å². The minimum Gasteiger partial charge on any atom is -0.508 e. The van der Waals surface area contributed by atoms with E-state index in [1.165, 1.54) is 0 Å². The molecule has 0 heterocycles. The third-order valence-corrected chi connectivity index (χ3v) is 4.09. The predicted octanol–water partition coefficient (Wildman–Crippen LogP) is 4.21. The normalized spacial score (nSPS) is 11.6. The Bertz CT molecular complexity index is 642. The molecule has 0 atom stereocenters. The van der Waals surface area contributed by atoms with Crippen molar-refractivity contribution in [1.29, 1.82) is 0 Å². The minimum atomic E-state index is -0.375. The van der Waals surface area contributed by atoms with Gasteiger partial charge in [-0.2, -0.15) is 0 Å². The molecule has 112 valence electrons. The van der Waals surface area contributed by atoms with Crippen molar-refractivity contribution in [2.24, 2.45) is 0 Å². The Morgan fingerprint density at radius 3 is 2.38 bits per heavy atom. The van der Waals surface area contributed by atoms with Crippen molar-refractivity contribution in [2.45, 2.75) is 45.6 Å². The first-order valence-corrected chi connectivity index (χ1v) is 7.39. The highest BCUT2D eigenvalue weighted by Gasteiger charge is 2.24. The maximum atomic E-state index is 12.1. The fourth-order valence-electron chi connectivity index (χ4n) is 2.26. The lowest BCUT2D eigenvalue weighted by Crippen LogP contribution is -2.30. The van der Waals surface area contributed by atoms with Gasteiger partial charge in [0.1, 0.15) is 11.4 Å². The van der Waals surface area contributed by atoms with Gasteiger partial charge in [0.2, 0.25) is 0 Å². The molecule has 0 spiro atoms. The van der Waals surface area contributed by atoms with Crippen LogP contribution in [0, 0.1) is 0 Å². The molecule has 21 heavy (non-hydrogen) atoms. The zero-order chi connectivity index (χ0) is 15.5. The van der Waals surface area contributed by atoms with Gasteiger partial charge >= 0.3 is 5.97 Å². The van der Waals surface area contributed by atoms with Crippen molar-refractivity contribution in [1.82, 2.24) is 0 Å². The summed E-state index contributed by atoms with van der Waals surface area (Å²) in [5.41, 5.74) is 0.549. The number of fused-ring (bicyclic) bond motifs is 1. The van der Waals surface area contributed by atoms with E-state index in [1.807, 2.05) is 45.0 Å². The molecule has 0 radical (unpaired) electrons. The molecule has 0 saturated heterocycles. The van der Waals surface area contributed by atoms with E-state index in [9.17, 15) is 9.90 Å². The van der Waals surface area contributed by atoms with Gasteiger partial charge in [-0.1, -0.05) is 38.1 Å². The predicted molar refractivity (Wildman–Crippen MR) is 84.4 cm³/mol. The van der Waals surface area contributed by atoms with Crippen LogP contribution in [0.25, 0.3) is 10.8 Å². The summed E-state index contributed by atoms with van der Waals surface area (Å²) in [6, 6.07) is 11.0. The maximum Gasteiger partial charge on any atom is 0.310 e. The summed E-state index contributed by atoms with van der Waals surface area (Å²) in [6.07, 6.45) is 1.89. The van der Waals surface area contributed by atoms with Gasteiger partial charge in [-0.3, -0.25) is 4.79 Å². The van der Waals surface area contributed by atoms with Gasteiger partial charge in [-0.25, -0.2) is 0 Å². The number of rotatable bonds is 5. The van der Waals surface area contributed by atoms with Crippen LogP contribution in [0.1, 0.15) is 39.2 Å². The molecule has 0 aromatic heterocycles. The first kappa shape index (κ1) is 15.4. The number of carbonyl (C=O) groups excluding carboxylic acids is 1. The average Bonchev–Trinajstić information content (AvgIpc) is 2.47. The summed E-state index contributed by atoms with van der Waals surface area (Å²) in [5, 5.41) is 11.4. The number of phenols is 1. The third-order valence-electron chi connectivity index (χ3n) is 4.09. The molecule has 3 nitrogen and oxygen atoms in total. The van der Waals surface area contributed by atoms with Gasteiger partial charge in [0.05, 0.1) is 6.42 Å². The zero-order valence-corrected chi connectivity index (χ0v) is 12.8. The molecule has 2 rings (SSSR count). The summed E-state index contributed by atoms with van der Waals surface area (Å²) in [4.78, 5) is 12.1. The average molecular weight is 286 g/mol. The van der Waals surface area contributed by atoms with Crippen molar-refractivity contribution in [2.75, 3.05) is 0 Å². The summed E-state index contributed by atoms with van der Waals surface area (Å²) < 4.78 is 5.59. The molecule has 0 saturated carbocycles. The van der Waals surface area contributed by atoms with Gasteiger partial charge in [0.25, 0.3) is 0 Å². The number of phenolic OH excluding ortho intramolecular Hbond substituents is 1. The van der Waals surface area contributed by atoms with Crippen LogP contribution < -0.4 is 0 Å². The highest BCUT2D eigenvalue weighted by molar-refractivity contribution is 5.85. The van der Waals surface area contributed by atoms with Crippen LogP contribution in [0.5, 0.6) is 5.75 Å². The number of hydrogen-bond donors (Lipinski definition) is 1. The van der Waals surface area contributed by atoms with Crippen molar-refractivity contribution in [3.63, 3.8) is 0 Å². The first-order valence-electron chi connectivity index (χ1n) is 7.39. The highest BCUT2D eigenvalue weighted by atomic mass is 16.6. The van der Waals surface area contributed by atoms with Crippen LogP contribution >= 0.6 is 0 Å². The number of ether oxygens (including phenoxy) is 1. The molecule has 0 aliphatic rings. The molecule has 0 aliphatic heterocycles. The van der Waals surface area contributed by atoms with Crippen molar-refractivity contribution < 1.29 is 14.6 Å². The van der Waals surface area contributed by atoms with Gasteiger partial charge in [0, 0.05) is 0 Å². The van der Waals surface area contributed by atoms with E-state index in [0.717, 1.165) is 29.2 Å². The second-order valence-electron chi connectivity index (χ2n) is 5.67. The van der Waals surface area contributed by atoms with Gasteiger partial charge in [-0.05, 0) is 48.2 Å². The SMILES string of the molecule is CCC(C)(CC)OC(=O)Cc1ccc2cc(O)ccc2c1. The van der Waals surface area contributed by atoms with Gasteiger partial charge in [0.15, 0.2) is 0 Å². The Balaban J connectivity index is 2.12. The summed E-state index contributed by atoms with van der Waals surface area (Å²) in [6.45, 7) is 6.02. The molecular formula is C18H22O3. The van der Waals surface area contributed by atoms with E-state index in [4.69, 9.17) is 4.74 Å². The number of esters is 1. The Morgan fingerprint density at radius 2 is 1.71 bits per heavy atom. The van der Waals surface area contributed by atoms with E-state index in [1.54, 1.807) is 12.1 Å². The van der Waals surface area contributed by atoms with E-state index in [2.05, 4.69) is 0 Å². The van der Waals surface area contributed by atoms with Crippen LogP contribution in [-0.2, 0) is 16.0 Å². The van der Waals surface area contributed by atoms with E-state index in [-0.39, 0.29) is 23.7 Å². The lowest BCUT2D eigenvalue weighted by Gasteiger charge is -2.26. The fourth-order valence-corrected chi connectivity index (χ4v) is 2.26. The summed E-state index contributed by atoms with van der Waals surface area (Å²) in [5.74, 6) is 0.0515. The summed E-state index contributed by atoms with van der Waals surface area (Å²) in [7, 11) is 0. The Morgan fingerprint density at radius 1 is 1.10 bits per heavy atom. The van der Waals surface area contributed by atoms with E-state index in [0.29, 0.717) is 0 Å². The van der Waals surface area contributed by atoms with Crippen LogP contribution in [0.3, 0.4) is 0 Å². The Hall–Kier alpha value is -2.03. The van der Waals surface area contributed by atoms with Crippen LogP contribution in [0.4, 0.5) is 0 Å². The molecule has 1 N–H and O–H groups in total. The largest absolute Gasteiger partial charge is 0.508 e.